The fourth-order valence-corrected chi connectivity index (χ4v) is 4.88. The van der Waals surface area contributed by atoms with Gasteiger partial charge >= 0.3 is 15.0 Å². The topological polar surface area (TPSA) is 78.9 Å². The molecule has 0 heterocycles. The highest BCUT2D eigenvalue weighted by Crippen LogP contribution is 2.30. The Morgan fingerprint density at radius 3 is 1.79 bits per heavy atom. The molecular formula is C19H25F3O6Si. The van der Waals surface area contributed by atoms with Crippen molar-refractivity contribution in [1.29, 1.82) is 0 Å². The third-order valence-electron chi connectivity index (χ3n) is 3.88. The maximum Gasteiger partial charge on any atom is 0.705 e. The molecule has 0 aromatic heterocycles. The van der Waals surface area contributed by atoms with Gasteiger partial charge in [0.1, 0.15) is 0 Å². The molecule has 0 aliphatic heterocycles. The Morgan fingerprint density at radius 2 is 1.38 bits per heavy atom. The lowest BCUT2D eigenvalue weighted by atomic mass is 10.1. The van der Waals surface area contributed by atoms with Crippen LogP contribution >= 0.6 is 0 Å². The molecule has 6 nitrogen and oxygen atoms in total. The Labute approximate surface area is 168 Å². The molecule has 0 amide bonds. The van der Waals surface area contributed by atoms with Crippen molar-refractivity contribution >= 4 is 26.7 Å². The predicted molar refractivity (Wildman–Crippen MR) is 99.5 cm³/mol. The van der Waals surface area contributed by atoms with E-state index in [0.29, 0.717) is 5.56 Å². The van der Waals surface area contributed by atoms with E-state index >= 15 is 0 Å². The van der Waals surface area contributed by atoms with E-state index in [1.165, 1.54) is 32.9 Å². The van der Waals surface area contributed by atoms with Crippen LogP contribution in [0.1, 0.15) is 57.6 Å². The zero-order valence-electron chi connectivity index (χ0n) is 16.6. The number of aryl methyl sites for hydroxylation is 1. The minimum absolute atomic E-state index is 0.0181. The molecule has 0 bridgehead atoms. The molecule has 0 N–H and O–H groups in total. The first-order chi connectivity index (χ1) is 13.5. The van der Waals surface area contributed by atoms with E-state index in [1.807, 2.05) is 0 Å². The van der Waals surface area contributed by atoms with Crippen molar-refractivity contribution in [3.63, 3.8) is 0 Å². The van der Waals surface area contributed by atoms with E-state index in [4.69, 9.17) is 13.3 Å². The summed E-state index contributed by atoms with van der Waals surface area (Å²) in [4.78, 5) is 35.6. The lowest BCUT2D eigenvalue weighted by molar-refractivity contribution is -0.150. The monoisotopic (exact) mass is 434 g/mol. The number of carbonyl (C=O) groups is 3. The molecule has 1 rings (SSSR count). The van der Waals surface area contributed by atoms with Gasteiger partial charge in [0.05, 0.1) is 11.6 Å². The Bertz CT molecular complexity index is 675. The molecule has 1 aromatic rings. The minimum Gasteiger partial charge on any atom is -0.455 e. The van der Waals surface area contributed by atoms with Crippen LogP contribution in [0.15, 0.2) is 24.3 Å². The van der Waals surface area contributed by atoms with E-state index < -0.39 is 38.5 Å². The Morgan fingerprint density at radius 1 is 0.897 bits per heavy atom. The largest absolute Gasteiger partial charge is 0.705 e. The number of hydrogen-bond acceptors (Lipinski definition) is 6. The first-order valence-electron chi connectivity index (χ1n) is 9.36. The molecule has 10 heteroatoms. The molecule has 0 aliphatic rings. The van der Waals surface area contributed by atoms with Gasteiger partial charge in [0.25, 0.3) is 17.9 Å². The summed E-state index contributed by atoms with van der Waals surface area (Å²) in [6, 6.07) is 4.75. The van der Waals surface area contributed by atoms with Gasteiger partial charge in [-0.15, -0.1) is 0 Å². The molecule has 162 valence electrons. The zero-order valence-corrected chi connectivity index (χ0v) is 17.6. The van der Waals surface area contributed by atoms with E-state index in [9.17, 15) is 27.6 Å². The van der Waals surface area contributed by atoms with Crippen LogP contribution in [0.25, 0.3) is 0 Å². The molecule has 0 spiro atoms. The Balaban J connectivity index is 3.01. The van der Waals surface area contributed by atoms with Crippen molar-refractivity contribution in [1.82, 2.24) is 0 Å². The van der Waals surface area contributed by atoms with Gasteiger partial charge in [-0.3, -0.25) is 14.4 Å². The first-order valence-corrected chi connectivity index (χ1v) is 11.3. The van der Waals surface area contributed by atoms with Gasteiger partial charge < -0.3 is 13.3 Å². The van der Waals surface area contributed by atoms with E-state index in [0.717, 1.165) is 12.1 Å². The number of halogens is 3. The van der Waals surface area contributed by atoms with E-state index in [2.05, 4.69) is 0 Å². The van der Waals surface area contributed by atoms with Gasteiger partial charge in [-0.05, 0) is 24.5 Å². The normalized spacial score (nSPS) is 11.7. The summed E-state index contributed by atoms with van der Waals surface area (Å²) in [6.45, 7) is 4.61. The van der Waals surface area contributed by atoms with Crippen molar-refractivity contribution < 1.29 is 40.8 Å². The van der Waals surface area contributed by atoms with Crippen LogP contribution in [-0.2, 0) is 40.3 Å². The third kappa shape index (κ3) is 8.26. The van der Waals surface area contributed by atoms with Crippen LogP contribution in [0.2, 0.25) is 6.04 Å². The maximum atomic E-state index is 12.9. The van der Waals surface area contributed by atoms with E-state index in [1.54, 1.807) is 0 Å². The third-order valence-corrected chi connectivity index (χ3v) is 6.46. The molecular weight excluding hydrogens is 409 g/mol. The molecule has 29 heavy (non-hydrogen) atoms. The van der Waals surface area contributed by atoms with Gasteiger partial charge in [0, 0.05) is 19.3 Å². The van der Waals surface area contributed by atoms with Crippen LogP contribution < -0.4 is 0 Å². The average Bonchev–Trinajstić information content (AvgIpc) is 2.67. The Hall–Kier alpha value is -2.36. The number of carbonyl (C=O) groups excluding carboxylic acids is 3. The summed E-state index contributed by atoms with van der Waals surface area (Å²) in [6.07, 6.45) is -4.13. The van der Waals surface area contributed by atoms with Crippen molar-refractivity contribution in [2.75, 3.05) is 0 Å². The standard InChI is InChI=1S/C19H25F3O6Si/c1-4-16(23)26-29(27-17(24)5-2,28-18(25)6-3)12-8-10-14-9-7-11-15(13-14)19(20,21)22/h7,9,11,13H,4-6,8,10,12H2,1-3H3. The smallest absolute Gasteiger partial charge is 0.455 e. The minimum atomic E-state index is -4.46. The summed E-state index contributed by atoms with van der Waals surface area (Å²) < 4.78 is 54.4. The van der Waals surface area contributed by atoms with Crippen LogP contribution in [0.3, 0.4) is 0 Å². The molecule has 0 saturated heterocycles. The van der Waals surface area contributed by atoms with E-state index in [-0.39, 0.29) is 38.1 Å². The molecule has 0 fully saturated rings. The second kappa shape index (κ2) is 11.0. The lowest BCUT2D eigenvalue weighted by Gasteiger charge is -2.27. The number of alkyl halides is 3. The van der Waals surface area contributed by atoms with Crippen molar-refractivity contribution in [3.05, 3.63) is 35.4 Å². The molecule has 1 aromatic carbocycles. The lowest BCUT2D eigenvalue weighted by Crippen LogP contribution is -2.50. The average molecular weight is 434 g/mol. The molecule has 0 unspecified atom stereocenters. The predicted octanol–water partition coefficient (Wildman–Crippen LogP) is 4.44. The number of benzene rings is 1. The van der Waals surface area contributed by atoms with Gasteiger partial charge in [0.2, 0.25) is 0 Å². The second-order valence-corrected chi connectivity index (χ2v) is 8.70. The molecule has 0 saturated carbocycles. The highest BCUT2D eigenvalue weighted by Gasteiger charge is 2.52. The van der Waals surface area contributed by atoms with Crippen LogP contribution in [0, 0.1) is 0 Å². The molecule has 0 aliphatic carbocycles. The zero-order chi connectivity index (χ0) is 22.1. The van der Waals surface area contributed by atoms with Gasteiger partial charge in [-0.1, -0.05) is 39.0 Å². The first kappa shape index (κ1) is 24.7. The van der Waals surface area contributed by atoms with Crippen molar-refractivity contribution in [2.24, 2.45) is 0 Å². The highest BCUT2D eigenvalue weighted by molar-refractivity contribution is 6.65. The van der Waals surface area contributed by atoms with Crippen molar-refractivity contribution in [3.8, 4) is 0 Å². The van der Waals surface area contributed by atoms with Crippen LogP contribution in [0.4, 0.5) is 13.2 Å². The van der Waals surface area contributed by atoms with Crippen LogP contribution in [0.5, 0.6) is 0 Å². The fourth-order valence-electron chi connectivity index (χ4n) is 2.36. The fraction of sp³-hybridized carbons (Fsp3) is 0.526. The summed E-state index contributed by atoms with van der Waals surface area (Å²) in [5, 5.41) is 0. The number of hydrogen-bond donors (Lipinski definition) is 0. The SMILES string of the molecule is CCC(=O)O[Si](CCCc1cccc(C(F)(F)F)c1)(OC(=O)CC)OC(=O)CC. The summed E-state index contributed by atoms with van der Waals surface area (Å²) in [7, 11) is -4.02. The quantitative estimate of drug-likeness (QED) is 0.507. The van der Waals surface area contributed by atoms with Gasteiger partial charge in [0.15, 0.2) is 0 Å². The molecule has 0 atom stereocenters. The number of rotatable bonds is 10. The van der Waals surface area contributed by atoms with Crippen molar-refractivity contribution in [2.45, 2.75) is 65.1 Å². The summed E-state index contributed by atoms with van der Waals surface area (Å²) in [5.74, 6) is -2.07. The summed E-state index contributed by atoms with van der Waals surface area (Å²) >= 11 is 0. The molecule has 0 radical (unpaired) electrons. The second-order valence-electron chi connectivity index (χ2n) is 6.22. The van der Waals surface area contributed by atoms with Gasteiger partial charge in [-0.2, -0.15) is 13.2 Å². The Kier molecular flexibility index (Phi) is 9.35. The summed E-state index contributed by atoms with van der Waals surface area (Å²) in [5.41, 5.74) is -0.362. The maximum absolute atomic E-state index is 12.9. The highest BCUT2D eigenvalue weighted by atomic mass is 28.4. The van der Waals surface area contributed by atoms with Crippen LogP contribution in [-0.4, -0.2) is 26.7 Å². The van der Waals surface area contributed by atoms with Gasteiger partial charge in [-0.25, -0.2) is 0 Å².